The van der Waals surface area contributed by atoms with E-state index in [9.17, 15) is 13.6 Å². The van der Waals surface area contributed by atoms with E-state index in [1.807, 2.05) is 0 Å². The number of amides is 1. The van der Waals surface area contributed by atoms with Crippen LogP contribution in [-0.4, -0.2) is 18.0 Å². The standard InChI is InChI=1S/C13H16F2N2O.ClH/c14-8-1-6-11(12(15)7-8)13(18)17-10-4-2-9(16)3-5-10;/h1,6-7,9-10H,2-5,16H2,(H,17,18);1H. The Hall–Kier alpha value is -1.20. The molecule has 19 heavy (non-hydrogen) atoms. The minimum atomic E-state index is -0.833. The molecule has 1 amide bonds. The zero-order valence-corrected chi connectivity index (χ0v) is 11.2. The first-order valence-corrected chi connectivity index (χ1v) is 6.08. The summed E-state index contributed by atoms with van der Waals surface area (Å²) >= 11 is 0. The van der Waals surface area contributed by atoms with Crippen LogP contribution in [0.1, 0.15) is 36.0 Å². The summed E-state index contributed by atoms with van der Waals surface area (Å²) in [5, 5.41) is 2.76. The van der Waals surface area contributed by atoms with Crippen molar-refractivity contribution in [2.45, 2.75) is 37.8 Å². The van der Waals surface area contributed by atoms with Gasteiger partial charge in [-0.05, 0) is 37.8 Å². The number of hydrogen-bond donors (Lipinski definition) is 2. The van der Waals surface area contributed by atoms with E-state index in [0.717, 1.165) is 37.8 Å². The number of carbonyl (C=O) groups excluding carboxylic acids is 1. The van der Waals surface area contributed by atoms with Crippen molar-refractivity contribution in [1.29, 1.82) is 0 Å². The number of halogens is 3. The zero-order valence-electron chi connectivity index (χ0n) is 10.4. The lowest BCUT2D eigenvalue weighted by Gasteiger charge is -2.26. The van der Waals surface area contributed by atoms with E-state index in [1.165, 1.54) is 0 Å². The van der Waals surface area contributed by atoms with E-state index in [4.69, 9.17) is 5.73 Å². The van der Waals surface area contributed by atoms with Crippen LogP contribution in [0.2, 0.25) is 0 Å². The summed E-state index contributed by atoms with van der Waals surface area (Å²) in [6.45, 7) is 0. The van der Waals surface area contributed by atoms with Crippen molar-refractivity contribution in [3.05, 3.63) is 35.4 Å². The molecule has 3 nitrogen and oxygen atoms in total. The van der Waals surface area contributed by atoms with Gasteiger partial charge in [0.05, 0.1) is 5.56 Å². The molecule has 1 saturated carbocycles. The van der Waals surface area contributed by atoms with Gasteiger partial charge in [0.2, 0.25) is 0 Å². The van der Waals surface area contributed by atoms with Gasteiger partial charge in [0.1, 0.15) is 11.6 Å². The summed E-state index contributed by atoms with van der Waals surface area (Å²) in [7, 11) is 0. The third kappa shape index (κ3) is 4.14. The van der Waals surface area contributed by atoms with Gasteiger partial charge in [-0.25, -0.2) is 8.78 Å². The molecule has 0 atom stereocenters. The molecule has 0 heterocycles. The predicted molar refractivity (Wildman–Crippen MR) is 71.3 cm³/mol. The Kier molecular flexibility index (Phi) is 5.69. The molecule has 1 aromatic rings. The number of nitrogens with two attached hydrogens (primary N) is 1. The molecule has 1 fully saturated rings. The first kappa shape index (κ1) is 15.9. The maximum atomic E-state index is 13.4. The molecule has 0 unspecified atom stereocenters. The molecular weight excluding hydrogens is 274 g/mol. The molecule has 0 spiro atoms. The van der Waals surface area contributed by atoms with Crippen molar-refractivity contribution in [2.24, 2.45) is 5.73 Å². The first-order valence-electron chi connectivity index (χ1n) is 6.08. The highest BCUT2D eigenvalue weighted by molar-refractivity contribution is 5.94. The summed E-state index contributed by atoms with van der Waals surface area (Å²) < 4.78 is 26.1. The van der Waals surface area contributed by atoms with Crippen LogP contribution in [0.5, 0.6) is 0 Å². The topological polar surface area (TPSA) is 55.1 Å². The van der Waals surface area contributed by atoms with Crippen molar-refractivity contribution in [1.82, 2.24) is 5.32 Å². The number of carbonyl (C=O) groups is 1. The van der Waals surface area contributed by atoms with E-state index >= 15 is 0 Å². The van der Waals surface area contributed by atoms with E-state index in [2.05, 4.69) is 5.32 Å². The number of rotatable bonds is 2. The van der Waals surface area contributed by atoms with Gasteiger partial charge in [0, 0.05) is 18.2 Å². The van der Waals surface area contributed by atoms with Crippen LogP contribution in [-0.2, 0) is 0 Å². The van der Waals surface area contributed by atoms with E-state index in [0.29, 0.717) is 6.07 Å². The smallest absolute Gasteiger partial charge is 0.254 e. The predicted octanol–water partition coefficient (Wildman–Crippen LogP) is 2.39. The Morgan fingerprint density at radius 2 is 1.84 bits per heavy atom. The molecule has 0 bridgehead atoms. The maximum absolute atomic E-state index is 13.4. The maximum Gasteiger partial charge on any atom is 0.254 e. The molecule has 106 valence electrons. The van der Waals surface area contributed by atoms with Crippen LogP contribution in [0.4, 0.5) is 8.78 Å². The van der Waals surface area contributed by atoms with Crippen molar-refractivity contribution in [3.63, 3.8) is 0 Å². The average molecular weight is 291 g/mol. The lowest BCUT2D eigenvalue weighted by atomic mass is 9.91. The third-order valence-electron chi connectivity index (χ3n) is 3.28. The van der Waals surface area contributed by atoms with Gasteiger partial charge in [-0.2, -0.15) is 0 Å². The number of benzene rings is 1. The SMILES string of the molecule is Cl.NC1CCC(NC(=O)c2ccc(F)cc2F)CC1. The first-order chi connectivity index (χ1) is 8.56. The summed E-state index contributed by atoms with van der Waals surface area (Å²) in [5.74, 6) is -2.01. The molecule has 1 aliphatic rings. The fourth-order valence-electron chi connectivity index (χ4n) is 2.20. The monoisotopic (exact) mass is 290 g/mol. The second-order valence-corrected chi connectivity index (χ2v) is 4.71. The fourth-order valence-corrected chi connectivity index (χ4v) is 2.20. The van der Waals surface area contributed by atoms with E-state index < -0.39 is 17.5 Å². The highest BCUT2D eigenvalue weighted by Gasteiger charge is 2.21. The van der Waals surface area contributed by atoms with Crippen LogP contribution in [0.15, 0.2) is 18.2 Å². The molecule has 0 saturated heterocycles. The highest BCUT2D eigenvalue weighted by Crippen LogP contribution is 2.18. The van der Waals surface area contributed by atoms with Gasteiger partial charge in [0.25, 0.3) is 5.91 Å². The van der Waals surface area contributed by atoms with Crippen LogP contribution in [0.3, 0.4) is 0 Å². The highest BCUT2D eigenvalue weighted by atomic mass is 35.5. The Bertz CT molecular complexity index is 448. The van der Waals surface area contributed by atoms with Crippen LogP contribution >= 0.6 is 12.4 Å². The lowest BCUT2D eigenvalue weighted by Crippen LogP contribution is -2.40. The molecule has 3 N–H and O–H groups in total. The van der Waals surface area contributed by atoms with E-state index in [1.54, 1.807) is 0 Å². The Morgan fingerprint density at radius 1 is 1.21 bits per heavy atom. The molecule has 6 heteroatoms. The second-order valence-electron chi connectivity index (χ2n) is 4.71. The number of hydrogen-bond acceptors (Lipinski definition) is 2. The molecule has 0 radical (unpaired) electrons. The Morgan fingerprint density at radius 3 is 2.42 bits per heavy atom. The summed E-state index contributed by atoms with van der Waals surface area (Å²) in [4.78, 5) is 11.8. The minimum Gasteiger partial charge on any atom is -0.349 e. The van der Waals surface area contributed by atoms with Crippen LogP contribution in [0.25, 0.3) is 0 Å². The average Bonchev–Trinajstić information content (AvgIpc) is 2.32. The van der Waals surface area contributed by atoms with Crippen LogP contribution in [0, 0.1) is 11.6 Å². The zero-order chi connectivity index (χ0) is 13.1. The van der Waals surface area contributed by atoms with Gasteiger partial charge in [-0.1, -0.05) is 0 Å². The fraction of sp³-hybridized carbons (Fsp3) is 0.462. The normalized spacial score (nSPS) is 22.5. The third-order valence-corrected chi connectivity index (χ3v) is 3.28. The lowest BCUT2D eigenvalue weighted by molar-refractivity contribution is 0.0921. The van der Waals surface area contributed by atoms with E-state index in [-0.39, 0.29) is 30.1 Å². The van der Waals surface area contributed by atoms with Crippen molar-refractivity contribution in [3.8, 4) is 0 Å². The quantitative estimate of drug-likeness (QED) is 0.879. The van der Waals surface area contributed by atoms with Gasteiger partial charge >= 0.3 is 0 Å². The van der Waals surface area contributed by atoms with Crippen LogP contribution < -0.4 is 11.1 Å². The molecule has 1 aliphatic carbocycles. The summed E-state index contributed by atoms with van der Waals surface area (Å²) in [6, 6.07) is 3.18. The van der Waals surface area contributed by atoms with Crippen molar-refractivity contribution < 1.29 is 13.6 Å². The molecule has 1 aromatic carbocycles. The van der Waals surface area contributed by atoms with Crippen molar-refractivity contribution in [2.75, 3.05) is 0 Å². The molecule has 0 aliphatic heterocycles. The Labute approximate surface area is 117 Å². The summed E-state index contributed by atoms with van der Waals surface area (Å²) in [5.41, 5.74) is 5.65. The van der Waals surface area contributed by atoms with Gasteiger partial charge in [-0.3, -0.25) is 4.79 Å². The Balaban J connectivity index is 0.00000180. The number of nitrogens with one attached hydrogen (secondary N) is 1. The van der Waals surface area contributed by atoms with Crippen molar-refractivity contribution >= 4 is 18.3 Å². The molecule has 2 rings (SSSR count). The van der Waals surface area contributed by atoms with Gasteiger partial charge < -0.3 is 11.1 Å². The minimum absolute atomic E-state index is 0. The summed E-state index contributed by atoms with van der Waals surface area (Å²) in [6.07, 6.45) is 3.32. The largest absolute Gasteiger partial charge is 0.349 e. The molecular formula is C13H17ClF2N2O. The second kappa shape index (κ2) is 6.82. The van der Waals surface area contributed by atoms with Gasteiger partial charge in [-0.15, -0.1) is 12.4 Å². The molecule has 0 aromatic heterocycles. The van der Waals surface area contributed by atoms with Gasteiger partial charge in [0.15, 0.2) is 0 Å².